The second-order valence-corrected chi connectivity index (χ2v) is 6.20. The van der Waals surface area contributed by atoms with E-state index in [0.29, 0.717) is 0 Å². The molecule has 21 heavy (non-hydrogen) atoms. The second-order valence-electron chi connectivity index (χ2n) is 6.20. The fraction of sp³-hybridized carbons (Fsp3) is 0.222. The Labute approximate surface area is 125 Å². The van der Waals surface area contributed by atoms with E-state index in [4.69, 9.17) is 0 Å². The monoisotopic (exact) mass is 277 g/mol. The molecular formula is C18H19N3. The summed E-state index contributed by atoms with van der Waals surface area (Å²) in [5.74, 6) is 0. The molecule has 1 N–H and O–H groups in total. The minimum Gasteiger partial charge on any atom is -0.278 e. The molecule has 0 bridgehead atoms. The van der Waals surface area contributed by atoms with Gasteiger partial charge in [-0.15, -0.1) is 0 Å². The average Bonchev–Trinajstić information content (AvgIpc) is 3.01. The van der Waals surface area contributed by atoms with E-state index in [2.05, 4.69) is 66.3 Å². The van der Waals surface area contributed by atoms with E-state index in [9.17, 15) is 0 Å². The Hall–Kier alpha value is -2.42. The predicted molar refractivity (Wildman–Crippen MR) is 86.0 cm³/mol. The Kier molecular flexibility index (Phi) is 3.34. The third-order valence-electron chi connectivity index (χ3n) is 3.60. The van der Waals surface area contributed by atoms with Crippen LogP contribution in [0.25, 0.3) is 22.5 Å². The molecule has 0 amide bonds. The predicted octanol–water partition coefficient (Wildman–Crippen LogP) is 4.44. The molecule has 0 aliphatic carbocycles. The number of nitrogens with zero attached hydrogens (tertiary/aromatic N) is 2. The molecule has 0 saturated carbocycles. The van der Waals surface area contributed by atoms with Crippen LogP contribution < -0.4 is 0 Å². The van der Waals surface area contributed by atoms with Crippen molar-refractivity contribution in [3.05, 3.63) is 60.4 Å². The van der Waals surface area contributed by atoms with Crippen molar-refractivity contribution in [2.24, 2.45) is 0 Å². The van der Waals surface area contributed by atoms with E-state index in [1.807, 2.05) is 18.3 Å². The van der Waals surface area contributed by atoms with Crippen LogP contribution in [0, 0.1) is 0 Å². The molecule has 0 saturated heterocycles. The number of hydrogen-bond acceptors (Lipinski definition) is 2. The molecule has 2 heterocycles. The van der Waals surface area contributed by atoms with Gasteiger partial charge < -0.3 is 0 Å². The molecule has 3 nitrogen and oxygen atoms in total. The van der Waals surface area contributed by atoms with E-state index in [1.165, 1.54) is 5.56 Å². The van der Waals surface area contributed by atoms with Gasteiger partial charge in [0.1, 0.15) is 0 Å². The summed E-state index contributed by atoms with van der Waals surface area (Å²) < 4.78 is 0. The number of pyridine rings is 1. The lowest BCUT2D eigenvalue weighted by Gasteiger charge is -2.20. The summed E-state index contributed by atoms with van der Waals surface area (Å²) in [5, 5.41) is 7.06. The third kappa shape index (κ3) is 2.72. The maximum atomic E-state index is 4.58. The van der Waals surface area contributed by atoms with Gasteiger partial charge in [0.2, 0.25) is 0 Å². The first-order valence-electron chi connectivity index (χ1n) is 7.11. The number of benzene rings is 1. The zero-order valence-corrected chi connectivity index (χ0v) is 12.6. The Bertz CT molecular complexity index is 737. The van der Waals surface area contributed by atoms with E-state index in [-0.39, 0.29) is 5.41 Å². The molecule has 106 valence electrons. The van der Waals surface area contributed by atoms with Crippen LogP contribution in [-0.4, -0.2) is 15.2 Å². The minimum absolute atomic E-state index is 0.124. The van der Waals surface area contributed by atoms with Crippen LogP contribution in [0.15, 0.2) is 54.9 Å². The van der Waals surface area contributed by atoms with Gasteiger partial charge in [0.25, 0.3) is 0 Å². The third-order valence-corrected chi connectivity index (χ3v) is 3.60. The number of nitrogens with one attached hydrogen (secondary N) is 1. The molecule has 2 aromatic heterocycles. The zero-order valence-electron chi connectivity index (χ0n) is 12.6. The molecule has 3 aromatic rings. The highest BCUT2D eigenvalue weighted by atomic mass is 15.1. The molecule has 3 rings (SSSR count). The standard InChI is InChI=1S/C18H19N3/c1-18(2,3)14-7-4-6-13(12-14)17-15(8-5-10-19-17)16-9-11-20-21-16/h4-12H,1-3H3,(H,20,21). The van der Waals surface area contributed by atoms with Gasteiger partial charge in [0.15, 0.2) is 0 Å². The summed E-state index contributed by atoms with van der Waals surface area (Å²) >= 11 is 0. The first-order valence-corrected chi connectivity index (χ1v) is 7.11. The first-order chi connectivity index (χ1) is 10.1. The summed E-state index contributed by atoms with van der Waals surface area (Å²) in [6, 6.07) is 14.6. The normalized spacial score (nSPS) is 11.6. The molecule has 0 atom stereocenters. The van der Waals surface area contributed by atoms with Gasteiger partial charge in [-0.05, 0) is 35.2 Å². The Morgan fingerprint density at radius 2 is 1.81 bits per heavy atom. The van der Waals surface area contributed by atoms with Crippen LogP contribution in [0.5, 0.6) is 0 Å². The molecule has 0 aliphatic rings. The largest absolute Gasteiger partial charge is 0.278 e. The van der Waals surface area contributed by atoms with Gasteiger partial charge in [0, 0.05) is 23.5 Å². The maximum Gasteiger partial charge on any atom is 0.0795 e. The highest BCUT2D eigenvalue weighted by Crippen LogP contribution is 2.31. The van der Waals surface area contributed by atoms with E-state index >= 15 is 0 Å². The summed E-state index contributed by atoms with van der Waals surface area (Å²) in [4.78, 5) is 4.58. The van der Waals surface area contributed by atoms with Crippen molar-refractivity contribution in [3.8, 4) is 22.5 Å². The molecule has 0 unspecified atom stereocenters. The van der Waals surface area contributed by atoms with Crippen LogP contribution in [0.3, 0.4) is 0 Å². The molecule has 3 heteroatoms. The SMILES string of the molecule is CC(C)(C)c1cccc(-c2ncccc2-c2ccn[nH]2)c1. The van der Waals surface area contributed by atoms with E-state index < -0.39 is 0 Å². The molecule has 0 aliphatic heterocycles. The Morgan fingerprint density at radius 3 is 2.52 bits per heavy atom. The van der Waals surface area contributed by atoms with Gasteiger partial charge in [0.05, 0.1) is 11.4 Å². The lowest BCUT2D eigenvalue weighted by Crippen LogP contribution is -2.10. The summed E-state index contributed by atoms with van der Waals surface area (Å²) in [5.41, 5.74) is 5.60. The van der Waals surface area contributed by atoms with Gasteiger partial charge in [-0.3, -0.25) is 10.1 Å². The summed E-state index contributed by atoms with van der Waals surface area (Å²) in [6.45, 7) is 6.67. The molecule has 0 spiro atoms. The fourth-order valence-corrected chi connectivity index (χ4v) is 2.39. The van der Waals surface area contributed by atoms with Crippen LogP contribution in [0.4, 0.5) is 0 Å². The summed E-state index contributed by atoms with van der Waals surface area (Å²) in [7, 11) is 0. The highest BCUT2D eigenvalue weighted by molar-refractivity contribution is 5.78. The maximum absolute atomic E-state index is 4.58. The number of rotatable bonds is 2. The van der Waals surface area contributed by atoms with Crippen molar-refractivity contribution < 1.29 is 0 Å². The fourth-order valence-electron chi connectivity index (χ4n) is 2.39. The minimum atomic E-state index is 0.124. The van der Waals surface area contributed by atoms with Crippen molar-refractivity contribution in [1.29, 1.82) is 0 Å². The lowest BCUT2D eigenvalue weighted by molar-refractivity contribution is 0.590. The first kappa shape index (κ1) is 13.6. The van der Waals surface area contributed by atoms with Crippen molar-refractivity contribution in [2.75, 3.05) is 0 Å². The van der Waals surface area contributed by atoms with Gasteiger partial charge >= 0.3 is 0 Å². The van der Waals surface area contributed by atoms with Crippen molar-refractivity contribution >= 4 is 0 Å². The number of H-pyrrole nitrogens is 1. The zero-order chi connectivity index (χ0) is 14.9. The molecule has 0 radical (unpaired) electrons. The highest BCUT2D eigenvalue weighted by Gasteiger charge is 2.16. The number of hydrogen-bond donors (Lipinski definition) is 1. The smallest absolute Gasteiger partial charge is 0.0795 e. The second kappa shape index (κ2) is 5.17. The van der Waals surface area contributed by atoms with Crippen molar-refractivity contribution in [3.63, 3.8) is 0 Å². The topological polar surface area (TPSA) is 41.6 Å². The Balaban J connectivity index is 2.14. The van der Waals surface area contributed by atoms with Crippen LogP contribution in [-0.2, 0) is 5.41 Å². The number of aromatic nitrogens is 3. The quantitative estimate of drug-likeness (QED) is 0.752. The van der Waals surface area contributed by atoms with Crippen LogP contribution in [0.2, 0.25) is 0 Å². The van der Waals surface area contributed by atoms with Crippen molar-refractivity contribution in [1.82, 2.24) is 15.2 Å². The molecular weight excluding hydrogens is 258 g/mol. The summed E-state index contributed by atoms with van der Waals surface area (Å²) in [6.07, 6.45) is 3.59. The molecule has 1 aromatic carbocycles. The molecule has 0 fully saturated rings. The van der Waals surface area contributed by atoms with Crippen LogP contribution >= 0.6 is 0 Å². The van der Waals surface area contributed by atoms with E-state index in [0.717, 1.165) is 22.5 Å². The van der Waals surface area contributed by atoms with Gasteiger partial charge in [-0.25, -0.2) is 0 Å². The van der Waals surface area contributed by atoms with Gasteiger partial charge in [-0.2, -0.15) is 5.10 Å². The van der Waals surface area contributed by atoms with Crippen LogP contribution in [0.1, 0.15) is 26.3 Å². The lowest BCUT2D eigenvalue weighted by atomic mass is 9.85. The number of aromatic amines is 1. The van der Waals surface area contributed by atoms with E-state index in [1.54, 1.807) is 6.20 Å². The Morgan fingerprint density at radius 1 is 0.952 bits per heavy atom. The average molecular weight is 277 g/mol. The van der Waals surface area contributed by atoms with Gasteiger partial charge in [-0.1, -0.05) is 39.0 Å². The van der Waals surface area contributed by atoms with Crippen molar-refractivity contribution in [2.45, 2.75) is 26.2 Å².